The molecule has 1 N–H and O–H groups in total. The number of pyridine rings is 1. The van der Waals surface area contributed by atoms with Gasteiger partial charge >= 0.3 is 0 Å². The van der Waals surface area contributed by atoms with Crippen LogP contribution in [-0.4, -0.2) is 28.2 Å². The maximum Gasteiger partial charge on any atom is 0.271 e. The zero-order valence-corrected chi connectivity index (χ0v) is 16.0. The molecule has 3 aromatic rings. The number of carbonyl (C=O) groups is 1. The van der Waals surface area contributed by atoms with Crippen LogP contribution in [0.1, 0.15) is 39.9 Å². The van der Waals surface area contributed by atoms with Crippen molar-refractivity contribution in [1.29, 1.82) is 5.26 Å². The van der Waals surface area contributed by atoms with Gasteiger partial charge in [-0.3, -0.25) is 14.2 Å². The Morgan fingerprint density at radius 3 is 2.76 bits per heavy atom. The lowest BCUT2D eigenvalue weighted by molar-refractivity contribution is 0.0929. The van der Waals surface area contributed by atoms with Crippen LogP contribution in [-0.2, 0) is 11.3 Å². The third kappa shape index (κ3) is 3.20. The van der Waals surface area contributed by atoms with Gasteiger partial charge in [-0.15, -0.1) is 0 Å². The highest BCUT2D eigenvalue weighted by Crippen LogP contribution is 2.29. The summed E-state index contributed by atoms with van der Waals surface area (Å²) in [5, 5.41) is 22.1. The van der Waals surface area contributed by atoms with Crippen LogP contribution in [0.25, 0.3) is 10.8 Å². The molecule has 0 amide bonds. The maximum absolute atomic E-state index is 13.5. The quantitative estimate of drug-likeness (QED) is 0.693. The molecular formula is C23H20N2O4. The number of hydrogen-bond acceptors (Lipinski definition) is 5. The van der Waals surface area contributed by atoms with E-state index in [2.05, 4.69) is 0 Å². The maximum atomic E-state index is 13.5. The largest absolute Gasteiger partial charge is 0.494 e. The van der Waals surface area contributed by atoms with Crippen molar-refractivity contribution in [3.63, 3.8) is 0 Å². The van der Waals surface area contributed by atoms with E-state index in [4.69, 9.17) is 4.74 Å². The van der Waals surface area contributed by atoms with Crippen molar-refractivity contribution in [2.45, 2.75) is 32.4 Å². The number of nitriles is 1. The molecule has 0 spiro atoms. The number of benzene rings is 2. The summed E-state index contributed by atoms with van der Waals surface area (Å²) in [5.74, 6) is -0.839. The van der Waals surface area contributed by atoms with Gasteiger partial charge < -0.3 is 9.84 Å². The first-order valence-corrected chi connectivity index (χ1v) is 9.53. The zero-order chi connectivity index (χ0) is 20.5. The highest BCUT2D eigenvalue weighted by molar-refractivity contribution is 6.18. The minimum atomic E-state index is -0.604. The molecule has 4 rings (SSSR count). The van der Waals surface area contributed by atoms with Gasteiger partial charge in [-0.2, -0.15) is 5.26 Å². The van der Waals surface area contributed by atoms with Crippen molar-refractivity contribution < 1.29 is 14.6 Å². The van der Waals surface area contributed by atoms with Crippen LogP contribution in [0.5, 0.6) is 5.88 Å². The second kappa shape index (κ2) is 7.53. The smallest absolute Gasteiger partial charge is 0.271 e. The number of carbonyl (C=O) groups excluding carboxylic acids is 1. The highest BCUT2D eigenvalue weighted by Gasteiger charge is 2.27. The fraction of sp³-hybridized carbons (Fsp3) is 0.261. The highest BCUT2D eigenvalue weighted by atomic mass is 16.5. The molecule has 29 heavy (non-hydrogen) atoms. The first-order chi connectivity index (χ1) is 14.0. The molecule has 1 fully saturated rings. The number of ether oxygens (including phenoxy) is 1. The summed E-state index contributed by atoms with van der Waals surface area (Å²) in [6, 6.07) is 14.7. The van der Waals surface area contributed by atoms with Crippen LogP contribution in [0.2, 0.25) is 0 Å². The fourth-order valence-electron chi connectivity index (χ4n) is 3.94. The van der Waals surface area contributed by atoms with E-state index in [9.17, 15) is 20.0 Å². The third-order valence-electron chi connectivity index (χ3n) is 5.47. The number of nitrogens with zero attached hydrogens (tertiary/aromatic N) is 2. The second-order valence-corrected chi connectivity index (χ2v) is 7.22. The normalized spacial score (nSPS) is 16.1. The molecule has 1 unspecified atom stereocenters. The molecule has 0 radical (unpaired) electrons. The summed E-state index contributed by atoms with van der Waals surface area (Å²) in [6.45, 7) is 2.23. The van der Waals surface area contributed by atoms with Crippen LogP contribution >= 0.6 is 0 Å². The van der Waals surface area contributed by atoms with E-state index in [1.807, 2.05) is 36.4 Å². The number of ketones is 1. The first kappa shape index (κ1) is 18.9. The van der Waals surface area contributed by atoms with Crippen LogP contribution in [0.15, 0.2) is 47.3 Å². The predicted molar refractivity (Wildman–Crippen MR) is 108 cm³/mol. The Bertz CT molecular complexity index is 1210. The molecular weight excluding hydrogens is 368 g/mol. The Hall–Kier alpha value is -3.43. The molecule has 1 atom stereocenters. The lowest BCUT2D eigenvalue weighted by Crippen LogP contribution is -2.30. The van der Waals surface area contributed by atoms with E-state index in [-0.39, 0.29) is 29.3 Å². The number of rotatable bonds is 4. The molecule has 1 aliphatic heterocycles. The van der Waals surface area contributed by atoms with E-state index < -0.39 is 17.2 Å². The van der Waals surface area contributed by atoms with Crippen molar-refractivity contribution in [3.8, 4) is 11.9 Å². The molecule has 0 aliphatic carbocycles. The van der Waals surface area contributed by atoms with Gasteiger partial charge in [-0.1, -0.05) is 42.5 Å². The van der Waals surface area contributed by atoms with Crippen molar-refractivity contribution >= 4 is 16.6 Å². The number of fused-ring (bicyclic) bond motifs is 1. The van der Waals surface area contributed by atoms with Gasteiger partial charge in [0.05, 0.1) is 18.2 Å². The molecule has 2 heterocycles. The average Bonchev–Trinajstić information content (AvgIpc) is 3.24. The van der Waals surface area contributed by atoms with Crippen LogP contribution in [0.4, 0.5) is 0 Å². The topological polar surface area (TPSA) is 92.3 Å². The summed E-state index contributed by atoms with van der Waals surface area (Å²) in [7, 11) is 0. The molecule has 1 aliphatic rings. The van der Waals surface area contributed by atoms with Gasteiger partial charge in [-0.05, 0) is 36.1 Å². The van der Waals surface area contributed by atoms with E-state index in [1.165, 1.54) is 6.92 Å². The van der Waals surface area contributed by atoms with Crippen molar-refractivity contribution in [2.24, 2.45) is 0 Å². The Balaban J connectivity index is 1.91. The number of aromatic nitrogens is 1. The Labute approximate surface area is 167 Å². The van der Waals surface area contributed by atoms with Gasteiger partial charge in [0, 0.05) is 12.2 Å². The Morgan fingerprint density at radius 1 is 1.28 bits per heavy atom. The van der Waals surface area contributed by atoms with Gasteiger partial charge in [0.15, 0.2) is 5.78 Å². The molecule has 1 aromatic heterocycles. The lowest BCUT2D eigenvalue weighted by atomic mass is 9.94. The van der Waals surface area contributed by atoms with Crippen molar-refractivity contribution in [3.05, 3.63) is 75.1 Å². The van der Waals surface area contributed by atoms with Gasteiger partial charge in [-0.25, -0.2) is 0 Å². The van der Waals surface area contributed by atoms with Crippen LogP contribution < -0.4 is 5.56 Å². The molecule has 0 saturated carbocycles. The molecule has 146 valence electrons. The van der Waals surface area contributed by atoms with Crippen LogP contribution in [0.3, 0.4) is 0 Å². The summed E-state index contributed by atoms with van der Waals surface area (Å²) in [6.07, 6.45) is 1.40. The summed E-state index contributed by atoms with van der Waals surface area (Å²) < 4.78 is 6.67. The van der Waals surface area contributed by atoms with Gasteiger partial charge in [0.1, 0.15) is 11.6 Å². The minimum Gasteiger partial charge on any atom is -0.494 e. The molecule has 6 nitrogen and oxygen atoms in total. The molecule has 0 bridgehead atoms. The first-order valence-electron chi connectivity index (χ1n) is 9.53. The number of aromatic hydroxyl groups is 1. The number of hydrogen-bond donors (Lipinski definition) is 1. The third-order valence-corrected chi connectivity index (χ3v) is 5.47. The zero-order valence-electron chi connectivity index (χ0n) is 16.0. The minimum absolute atomic E-state index is 0.0181. The summed E-state index contributed by atoms with van der Waals surface area (Å²) >= 11 is 0. The Morgan fingerprint density at radius 2 is 2.03 bits per heavy atom. The van der Waals surface area contributed by atoms with Gasteiger partial charge in [0.2, 0.25) is 5.88 Å². The van der Waals surface area contributed by atoms with Crippen LogP contribution in [0, 0.1) is 18.3 Å². The summed E-state index contributed by atoms with van der Waals surface area (Å²) in [4.78, 5) is 26.2. The lowest BCUT2D eigenvalue weighted by Gasteiger charge is -2.18. The molecule has 2 aromatic carbocycles. The Kier molecular flexibility index (Phi) is 4.91. The van der Waals surface area contributed by atoms with E-state index in [0.29, 0.717) is 12.2 Å². The molecule has 1 saturated heterocycles. The monoisotopic (exact) mass is 388 g/mol. The summed E-state index contributed by atoms with van der Waals surface area (Å²) in [5.41, 5.74) is -0.156. The fourth-order valence-corrected chi connectivity index (χ4v) is 3.94. The standard InChI is InChI=1S/C23H20N2O4/c1-14-19(12-24)22(27)25(13-16-8-5-11-29-16)23(28)20(14)21(26)18-10-4-7-15-6-2-3-9-17(15)18/h2-4,6-7,9-10,16,28H,5,8,11,13H2,1H3. The predicted octanol–water partition coefficient (Wildman–Crippen LogP) is 3.30. The van der Waals surface area contributed by atoms with E-state index >= 15 is 0 Å². The molecule has 6 heteroatoms. The second-order valence-electron chi connectivity index (χ2n) is 7.22. The average molecular weight is 388 g/mol. The van der Waals surface area contributed by atoms with E-state index in [0.717, 1.165) is 28.2 Å². The van der Waals surface area contributed by atoms with E-state index in [1.54, 1.807) is 12.1 Å². The van der Waals surface area contributed by atoms with Crippen molar-refractivity contribution in [2.75, 3.05) is 6.61 Å². The van der Waals surface area contributed by atoms with Gasteiger partial charge in [0.25, 0.3) is 5.56 Å². The van der Waals surface area contributed by atoms with Crippen molar-refractivity contribution in [1.82, 2.24) is 4.57 Å². The SMILES string of the molecule is Cc1c(C(=O)c2cccc3ccccc23)c(O)n(CC2CCCO2)c(=O)c1C#N.